The molecule has 0 fully saturated rings. The van der Waals surface area contributed by atoms with Gasteiger partial charge in [-0.1, -0.05) is 23.4 Å². The fraction of sp³-hybridized carbons (Fsp3) is 0.364. The second kappa shape index (κ2) is 4.37. The predicted octanol–water partition coefficient (Wildman–Crippen LogP) is 3.44. The van der Waals surface area contributed by atoms with Crippen LogP contribution in [0.25, 0.3) is 0 Å². The summed E-state index contributed by atoms with van der Waals surface area (Å²) in [6.45, 7) is 0.653. The molecular weight excluding hydrogens is 324 g/mol. The van der Waals surface area contributed by atoms with Gasteiger partial charge in [-0.3, -0.25) is 0 Å². The molecule has 3 nitrogen and oxygen atoms in total. The summed E-state index contributed by atoms with van der Waals surface area (Å²) in [7, 11) is 1.89. The maximum absolute atomic E-state index is 6.29. The quantitative estimate of drug-likeness (QED) is 0.737. The Morgan fingerprint density at radius 3 is 3.06 bits per heavy atom. The van der Waals surface area contributed by atoms with E-state index in [1.165, 1.54) is 17.3 Å². The molecule has 0 radical (unpaired) electrons. The lowest BCUT2D eigenvalue weighted by molar-refractivity contribution is 0.269. The normalized spacial score (nSPS) is 23.4. The minimum atomic E-state index is 0.653. The lowest BCUT2D eigenvalue weighted by Crippen LogP contribution is -2.18. The molecule has 0 atom stereocenters. The van der Waals surface area contributed by atoms with E-state index in [-0.39, 0.29) is 0 Å². The Balaban J connectivity index is 2.17. The molecular formula is C11H10BrClN2OS. The van der Waals surface area contributed by atoms with Gasteiger partial charge in [-0.15, -0.1) is 0 Å². The first-order chi connectivity index (χ1) is 8.20. The molecule has 90 valence electrons. The first-order valence-corrected chi connectivity index (χ1v) is 7.27. The molecule has 3 aliphatic heterocycles. The molecule has 3 rings (SSSR count). The molecule has 0 bridgehead atoms. The van der Waals surface area contributed by atoms with Crippen LogP contribution in [0.1, 0.15) is 12.8 Å². The molecule has 0 spiro atoms. The number of rotatable bonds is 0. The van der Waals surface area contributed by atoms with Gasteiger partial charge >= 0.3 is 0 Å². The van der Waals surface area contributed by atoms with Crippen LogP contribution in [0.15, 0.2) is 35.8 Å². The monoisotopic (exact) mass is 332 g/mol. The number of ether oxygens (including phenoxy) is 1. The van der Waals surface area contributed by atoms with Crippen LogP contribution >= 0.6 is 39.3 Å². The van der Waals surface area contributed by atoms with Crippen molar-refractivity contribution in [3.8, 4) is 0 Å². The fourth-order valence-corrected chi connectivity index (χ4v) is 4.21. The van der Waals surface area contributed by atoms with E-state index in [1.54, 1.807) is 0 Å². The summed E-state index contributed by atoms with van der Waals surface area (Å²) in [5, 5.41) is 3.12. The highest BCUT2D eigenvalue weighted by molar-refractivity contribution is 9.14. The number of nitrogens with one attached hydrogen (secondary N) is 1. The van der Waals surface area contributed by atoms with Crippen molar-refractivity contribution >= 4 is 45.1 Å². The number of nitrogens with zero attached hydrogens (tertiary/aromatic N) is 1. The molecule has 0 aromatic carbocycles. The molecule has 3 aliphatic rings. The van der Waals surface area contributed by atoms with Crippen LogP contribution in [0, 0.1) is 0 Å². The summed E-state index contributed by atoms with van der Waals surface area (Å²) in [5.41, 5.74) is 3.23. The van der Waals surface area contributed by atoms with E-state index in [9.17, 15) is 0 Å². The van der Waals surface area contributed by atoms with Crippen molar-refractivity contribution in [1.29, 1.82) is 0 Å². The van der Waals surface area contributed by atoms with E-state index < -0.39 is 0 Å². The molecule has 0 unspecified atom stereocenters. The third kappa shape index (κ3) is 1.84. The number of hydrogen-bond acceptors (Lipinski definition) is 4. The van der Waals surface area contributed by atoms with E-state index in [0.29, 0.717) is 11.0 Å². The van der Waals surface area contributed by atoms with Crippen molar-refractivity contribution < 1.29 is 4.74 Å². The van der Waals surface area contributed by atoms with Crippen LogP contribution in [-0.4, -0.2) is 19.5 Å². The van der Waals surface area contributed by atoms with Gasteiger partial charge < -0.3 is 10.1 Å². The lowest BCUT2D eigenvalue weighted by Gasteiger charge is -2.16. The molecule has 1 N–H and O–H groups in total. The third-order valence-corrected chi connectivity index (χ3v) is 4.94. The highest BCUT2D eigenvalue weighted by Gasteiger charge is 2.34. The van der Waals surface area contributed by atoms with E-state index in [4.69, 9.17) is 16.3 Å². The molecule has 0 aliphatic carbocycles. The summed E-state index contributed by atoms with van der Waals surface area (Å²) in [6.07, 6.45) is 1.87. The Kier molecular flexibility index (Phi) is 3.00. The van der Waals surface area contributed by atoms with Crippen LogP contribution in [0.2, 0.25) is 0 Å². The zero-order chi connectivity index (χ0) is 12.0. The standard InChI is InChI=1S/C11H10BrClN2OS/c1-14-6-3-2-5-4-16-9-7(5)8(15-6)11(13)17-10(9)12/h2-4H2,1H3,(H,14,15). The number of halogens is 2. The van der Waals surface area contributed by atoms with Crippen LogP contribution < -0.4 is 5.32 Å². The molecule has 0 amide bonds. The van der Waals surface area contributed by atoms with Gasteiger partial charge in [0.2, 0.25) is 0 Å². The van der Waals surface area contributed by atoms with E-state index in [0.717, 1.165) is 39.5 Å². The Labute approximate surface area is 117 Å². The number of amidine groups is 1. The average Bonchev–Trinajstić information content (AvgIpc) is 2.64. The molecule has 6 heteroatoms. The van der Waals surface area contributed by atoms with Gasteiger partial charge in [-0.2, -0.15) is 0 Å². The predicted molar refractivity (Wildman–Crippen MR) is 75.1 cm³/mol. The Morgan fingerprint density at radius 1 is 1.47 bits per heavy atom. The van der Waals surface area contributed by atoms with Crippen LogP contribution in [0.4, 0.5) is 0 Å². The van der Waals surface area contributed by atoms with Crippen LogP contribution in [-0.2, 0) is 4.74 Å². The minimum Gasteiger partial charge on any atom is -0.487 e. The van der Waals surface area contributed by atoms with E-state index >= 15 is 0 Å². The van der Waals surface area contributed by atoms with Crippen molar-refractivity contribution in [3.05, 3.63) is 30.8 Å². The van der Waals surface area contributed by atoms with E-state index in [2.05, 4.69) is 26.2 Å². The highest BCUT2D eigenvalue weighted by Crippen LogP contribution is 2.51. The average molecular weight is 334 g/mol. The third-order valence-electron chi connectivity index (χ3n) is 2.95. The maximum Gasteiger partial charge on any atom is 0.150 e. The summed E-state index contributed by atoms with van der Waals surface area (Å²) in [6, 6.07) is 0. The SMILES string of the molecule is CNC1=NC2=C(Cl)SC(Br)=C3OCC(=C23)CC1. The summed E-state index contributed by atoms with van der Waals surface area (Å²) >= 11 is 11.2. The summed E-state index contributed by atoms with van der Waals surface area (Å²) < 4.78 is 7.36. The molecule has 0 aromatic heterocycles. The first kappa shape index (κ1) is 11.7. The van der Waals surface area contributed by atoms with Crippen LogP contribution in [0.3, 0.4) is 0 Å². The van der Waals surface area contributed by atoms with Gasteiger partial charge in [0.15, 0.2) is 0 Å². The topological polar surface area (TPSA) is 33.6 Å². The largest absolute Gasteiger partial charge is 0.487 e. The molecule has 17 heavy (non-hydrogen) atoms. The first-order valence-electron chi connectivity index (χ1n) is 5.29. The van der Waals surface area contributed by atoms with Crippen LogP contribution in [0.5, 0.6) is 0 Å². The summed E-state index contributed by atoms with van der Waals surface area (Å²) in [5.74, 6) is 1.87. The molecule has 0 saturated heterocycles. The van der Waals surface area contributed by atoms with Gasteiger partial charge in [0, 0.05) is 19.0 Å². The van der Waals surface area contributed by atoms with Gasteiger partial charge in [0.1, 0.15) is 28.3 Å². The lowest BCUT2D eigenvalue weighted by atomic mass is 10.0. The molecule has 0 aromatic rings. The van der Waals surface area contributed by atoms with Crippen molar-refractivity contribution in [3.63, 3.8) is 0 Å². The van der Waals surface area contributed by atoms with Gasteiger partial charge in [0.05, 0.1) is 3.81 Å². The Morgan fingerprint density at radius 2 is 2.29 bits per heavy atom. The highest BCUT2D eigenvalue weighted by atomic mass is 79.9. The zero-order valence-electron chi connectivity index (χ0n) is 9.14. The van der Waals surface area contributed by atoms with Gasteiger partial charge in [-0.05, 0) is 27.9 Å². The fourth-order valence-electron chi connectivity index (χ4n) is 2.10. The second-order valence-electron chi connectivity index (χ2n) is 3.90. The van der Waals surface area contributed by atoms with E-state index in [1.807, 2.05) is 7.05 Å². The summed E-state index contributed by atoms with van der Waals surface area (Å²) in [4.78, 5) is 4.61. The zero-order valence-corrected chi connectivity index (χ0v) is 12.3. The number of hydrogen-bond donors (Lipinski definition) is 1. The van der Waals surface area contributed by atoms with Gasteiger partial charge in [-0.25, -0.2) is 4.99 Å². The molecule has 0 saturated carbocycles. The van der Waals surface area contributed by atoms with Gasteiger partial charge in [0.25, 0.3) is 0 Å². The number of aliphatic imine (C=N–C) groups is 1. The Hall–Kier alpha value is -0.390. The Bertz CT molecular complexity index is 522. The number of thioether (sulfide) groups is 1. The maximum atomic E-state index is 6.29. The van der Waals surface area contributed by atoms with Crippen molar-refractivity contribution in [2.24, 2.45) is 4.99 Å². The second-order valence-corrected chi connectivity index (χ2v) is 6.84. The minimum absolute atomic E-state index is 0.653. The van der Waals surface area contributed by atoms with Crippen molar-refractivity contribution in [2.45, 2.75) is 12.8 Å². The molecule has 3 heterocycles. The van der Waals surface area contributed by atoms with Crippen molar-refractivity contribution in [2.75, 3.05) is 13.7 Å². The van der Waals surface area contributed by atoms with Crippen molar-refractivity contribution in [1.82, 2.24) is 5.32 Å². The smallest absolute Gasteiger partial charge is 0.150 e.